The number of carbonyl (C=O) groups is 1. The number of rotatable bonds is 6. The van der Waals surface area contributed by atoms with Crippen LogP contribution in [0.4, 0.5) is 18.9 Å². The fraction of sp³-hybridized carbons (Fsp3) is 0.364. The Balaban J connectivity index is 2.61. The molecule has 0 atom stereocenters. The molecule has 1 rings (SSSR count). The molecule has 0 spiro atoms. The van der Waals surface area contributed by atoms with Crippen molar-refractivity contribution in [2.24, 2.45) is 5.73 Å². The minimum absolute atomic E-state index is 0.0653. The van der Waals surface area contributed by atoms with E-state index in [0.717, 1.165) is 6.07 Å². The van der Waals surface area contributed by atoms with Gasteiger partial charge in [-0.05, 0) is 34.1 Å². The van der Waals surface area contributed by atoms with E-state index in [0.29, 0.717) is 12.2 Å². The normalized spacial score (nSPS) is 11.2. The molecule has 0 saturated carbocycles. The van der Waals surface area contributed by atoms with Crippen LogP contribution in [-0.4, -0.2) is 32.0 Å². The Morgan fingerprint density at radius 3 is 2.65 bits per heavy atom. The molecule has 20 heavy (non-hydrogen) atoms. The predicted octanol–water partition coefficient (Wildman–Crippen LogP) is 2.26. The Hall–Kier alpha value is -1.32. The zero-order chi connectivity index (χ0) is 15.2. The van der Waals surface area contributed by atoms with Crippen molar-refractivity contribution in [1.82, 2.24) is 0 Å². The van der Waals surface area contributed by atoms with Gasteiger partial charge in [-0.2, -0.15) is 0 Å². The summed E-state index contributed by atoms with van der Waals surface area (Å²) >= 11 is 2.93. The Kier molecular flexibility index (Phi) is 6.24. The fourth-order valence-corrected chi connectivity index (χ4v) is 1.69. The monoisotopic (exact) mass is 356 g/mol. The highest BCUT2D eigenvalue weighted by molar-refractivity contribution is 9.10. The first-order chi connectivity index (χ1) is 9.31. The molecule has 0 saturated heterocycles. The summed E-state index contributed by atoms with van der Waals surface area (Å²) in [4.78, 5) is 11.4. The van der Waals surface area contributed by atoms with Crippen molar-refractivity contribution in [3.63, 3.8) is 0 Å². The highest BCUT2D eigenvalue weighted by atomic mass is 79.9. The summed E-state index contributed by atoms with van der Waals surface area (Å²) in [6, 6.07) is 3.67. The zero-order valence-corrected chi connectivity index (χ0v) is 11.8. The number of benzene rings is 1. The van der Waals surface area contributed by atoms with Crippen LogP contribution in [0.15, 0.2) is 22.7 Å². The maximum atomic E-state index is 12.1. The van der Waals surface area contributed by atoms with Crippen molar-refractivity contribution < 1.29 is 27.4 Å². The molecule has 0 heterocycles. The molecule has 0 aliphatic carbocycles. The van der Waals surface area contributed by atoms with Crippen LogP contribution < -0.4 is 15.8 Å². The van der Waals surface area contributed by atoms with Gasteiger partial charge in [0.2, 0.25) is 5.91 Å². The second-order valence-electron chi connectivity index (χ2n) is 3.58. The molecule has 1 aromatic rings. The molecule has 112 valence electrons. The third-order valence-electron chi connectivity index (χ3n) is 1.94. The van der Waals surface area contributed by atoms with E-state index in [1.54, 1.807) is 0 Å². The number of amides is 1. The van der Waals surface area contributed by atoms with Crippen LogP contribution >= 0.6 is 15.9 Å². The predicted molar refractivity (Wildman–Crippen MR) is 69.3 cm³/mol. The lowest BCUT2D eigenvalue weighted by Gasteiger charge is -2.12. The number of nitrogens with two attached hydrogens (primary N) is 1. The molecule has 0 fully saturated rings. The standard InChI is InChI=1S/C11H12BrF3N2O3/c12-8-5-7(17-10(18)6-19-4-3-16)1-2-9(8)20-11(13,14)15/h1-2,5H,3-4,6,16H2,(H,17,18). The lowest BCUT2D eigenvalue weighted by Crippen LogP contribution is -2.21. The maximum Gasteiger partial charge on any atom is 0.573 e. The summed E-state index contributed by atoms with van der Waals surface area (Å²) in [6.07, 6.45) is -4.77. The van der Waals surface area contributed by atoms with Gasteiger partial charge in [0.05, 0.1) is 11.1 Å². The average molecular weight is 357 g/mol. The molecule has 5 nitrogen and oxygen atoms in total. The molecule has 0 aliphatic heterocycles. The van der Waals surface area contributed by atoms with Gasteiger partial charge in [-0.3, -0.25) is 4.79 Å². The molecule has 1 amide bonds. The first-order valence-corrected chi connectivity index (χ1v) is 6.24. The number of hydrogen-bond donors (Lipinski definition) is 2. The van der Waals surface area contributed by atoms with Gasteiger partial charge in [0, 0.05) is 12.2 Å². The van der Waals surface area contributed by atoms with Crippen LogP contribution in [0.3, 0.4) is 0 Å². The van der Waals surface area contributed by atoms with Gasteiger partial charge in [0.25, 0.3) is 0 Å². The number of alkyl halides is 3. The van der Waals surface area contributed by atoms with E-state index >= 15 is 0 Å². The summed E-state index contributed by atoms with van der Waals surface area (Å²) in [5.41, 5.74) is 5.50. The minimum Gasteiger partial charge on any atom is -0.405 e. The molecular formula is C11H12BrF3N2O3. The van der Waals surface area contributed by atoms with Crippen molar-refractivity contribution in [3.8, 4) is 5.75 Å². The van der Waals surface area contributed by atoms with Crippen molar-refractivity contribution in [2.75, 3.05) is 25.1 Å². The summed E-state index contributed by atoms with van der Waals surface area (Å²) in [7, 11) is 0. The number of anilines is 1. The molecule has 0 unspecified atom stereocenters. The third-order valence-corrected chi connectivity index (χ3v) is 2.56. The number of hydrogen-bond acceptors (Lipinski definition) is 4. The molecule has 0 bridgehead atoms. The molecular weight excluding hydrogens is 345 g/mol. The molecule has 0 aliphatic rings. The largest absolute Gasteiger partial charge is 0.573 e. The van der Waals surface area contributed by atoms with E-state index in [9.17, 15) is 18.0 Å². The highest BCUT2D eigenvalue weighted by Gasteiger charge is 2.31. The average Bonchev–Trinajstić information content (AvgIpc) is 2.31. The lowest BCUT2D eigenvalue weighted by atomic mass is 10.3. The Morgan fingerprint density at radius 1 is 1.40 bits per heavy atom. The second-order valence-corrected chi connectivity index (χ2v) is 4.44. The molecule has 1 aromatic carbocycles. The van der Waals surface area contributed by atoms with Crippen LogP contribution in [0, 0.1) is 0 Å². The number of nitrogens with one attached hydrogen (secondary N) is 1. The number of halogens is 4. The molecule has 3 N–H and O–H groups in total. The Morgan fingerprint density at radius 2 is 2.10 bits per heavy atom. The SMILES string of the molecule is NCCOCC(=O)Nc1ccc(OC(F)(F)F)c(Br)c1. The summed E-state index contributed by atoms with van der Waals surface area (Å²) in [5.74, 6) is -0.829. The van der Waals surface area contributed by atoms with E-state index in [2.05, 4.69) is 26.0 Å². The minimum atomic E-state index is -4.77. The zero-order valence-electron chi connectivity index (χ0n) is 10.2. The van der Waals surface area contributed by atoms with Crippen LogP contribution in [0.2, 0.25) is 0 Å². The van der Waals surface area contributed by atoms with Crippen LogP contribution in [0.25, 0.3) is 0 Å². The van der Waals surface area contributed by atoms with Gasteiger partial charge < -0.3 is 20.5 Å². The van der Waals surface area contributed by atoms with Gasteiger partial charge >= 0.3 is 6.36 Å². The first-order valence-electron chi connectivity index (χ1n) is 5.45. The van der Waals surface area contributed by atoms with Gasteiger partial charge in [0.15, 0.2) is 0 Å². The van der Waals surface area contributed by atoms with Crippen LogP contribution in [-0.2, 0) is 9.53 Å². The molecule has 9 heteroatoms. The van der Waals surface area contributed by atoms with E-state index in [1.807, 2.05) is 0 Å². The van der Waals surface area contributed by atoms with Crippen molar-refractivity contribution in [1.29, 1.82) is 0 Å². The topological polar surface area (TPSA) is 73.6 Å². The van der Waals surface area contributed by atoms with Crippen molar-refractivity contribution >= 4 is 27.5 Å². The van der Waals surface area contributed by atoms with E-state index < -0.39 is 18.0 Å². The fourth-order valence-electron chi connectivity index (χ4n) is 1.23. The van der Waals surface area contributed by atoms with E-state index in [-0.39, 0.29) is 17.7 Å². The van der Waals surface area contributed by atoms with Crippen LogP contribution in [0.5, 0.6) is 5.75 Å². The van der Waals surface area contributed by atoms with Gasteiger partial charge in [-0.25, -0.2) is 0 Å². The maximum absolute atomic E-state index is 12.1. The lowest BCUT2D eigenvalue weighted by molar-refractivity contribution is -0.274. The quantitative estimate of drug-likeness (QED) is 0.766. The van der Waals surface area contributed by atoms with Gasteiger partial charge in [-0.1, -0.05) is 0 Å². The summed E-state index contributed by atoms with van der Waals surface area (Å²) in [6.45, 7) is 0.355. The smallest absolute Gasteiger partial charge is 0.405 e. The second kappa shape index (κ2) is 7.46. The van der Waals surface area contributed by atoms with Gasteiger partial charge in [-0.15, -0.1) is 13.2 Å². The number of ether oxygens (including phenoxy) is 2. The van der Waals surface area contributed by atoms with E-state index in [4.69, 9.17) is 10.5 Å². The van der Waals surface area contributed by atoms with E-state index in [1.165, 1.54) is 12.1 Å². The summed E-state index contributed by atoms with van der Waals surface area (Å²) < 4.78 is 44.9. The number of carbonyl (C=O) groups excluding carboxylic acids is 1. The van der Waals surface area contributed by atoms with Crippen molar-refractivity contribution in [3.05, 3.63) is 22.7 Å². The molecule has 0 aromatic heterocycles. The Labute approximate surface area is 121 Å². The third kappa shape index (κ3) is 6.22. The Bertz CT molecular complexity index is 469. The summed E-state index contributed by atoms with van der Waals surface area (Å²) in [5, 5.41) is 2.46. The van der Waals surface area contributed by atoms with Crippen molar-refractivity contribution in [2.45, 2.75) is 6.36 Å². The van der Waals surface area contributed by atoms with Gasteiger partial charge in [0.1, 0.15) is 12.4 Å². The highest BCUT2D eigenvalue weighted by Crippen LogP contribution is 2.32. The first kappa shape index (κ1) is 16.7. The molecule has 0 radical (unpaired) electrons. The van der Waals surface area contributed by atoms with Crippen LogP contribution in [0.1, 0.15) is 0 Å².